The number of esters is 1. The summed E-state index contributed by atoms with van der Waals surface area (Å²) in [7, 11) is -3.80. The fourth-order valence-electron chi connectivity index (χ4n) is 3.40. The number of hydrogen-bond acceptors (Lipinski definition) is 7. The molecule has 3 rings (SSSR count). The highest BCUT2D eigenvalue weighted by Gasteiger charge is 2.27. The van der Waals surface area contributed by atoms with Crippen LogP contribution in [0.15, 0.2) is 41.3 Å². The normalized spacial score (nSPS) is 14.3. The van der Waals surface area contributed by atoms with Crippen molar-refractivity contribution in [1.82, 2.24) is 9.62 Å². The predicted octanol–water partition coefficient (Wildman–Crippen LogP) is 2.14. The number of morpholine rings is 1. The fraction of sp³-hybridized carbons (Fsp3) is 0.348. The first-order valence-corrected chi connectivity index (χ1v) is 12.1. The number of ether oxygens (including phenoxy) is 2. The van der Waals surface area contributed by atoms with Crippen molar-refractivity contribution < 1.29 is 32.3 Å². The van der Waals surface area contributed by atoms with Gasteiger partial charge in [0.15, 0.2) is 6.61 Å². The minimum atomic E-state index is -3.80. The number of sulfonamides is 1. The Morgan fingerprint density at radius 3 is 2.38 bits per heavy atom. The van der Waals surface area contributed by atoms with E-state index < -0.39 is 34.5 Å². The third kappa shape index (κ3) is 6.19. The standard InChI is InChI=1S/C23H27N3O7S/c1-15-4-7-20(17(3)12-15)24-23(29)25-21(27)14-33-22(28)19-13-18(6-5-16(19)2)34(30,31)26-8-10-32-11-9-26/h4-7,12-13H,8-11,14H2,1-3H3,(H2,24,25,27,29). The summed E-state index contributed by atoms with van der Waals surface area (Å²) in [6.45, 7) is 5.70. The lowest BCUT2D eigenvalue weighted by Crippen LogP contribution is -2.40. The molecular formula is C23H27N3O7S. The molecule has 10 nitrogen and oxygen atoms in total. The van der Waals surface area contributed by atoms with Crippen molar-refractivity contribution in [3.63, 3.8) is 0 Å². The highest BCUT2D eigenvalue weighted by atomic mass is 32.2. The molecule has 0 radical (unpaired) electrons. The smallest absolute Gasteiger partial charge is 0.338 e. The van der Waals surface area contributed by atoms with Gasteiger partial charge in [0.2, 0.25) is 10.0 Å². The lowest BCUT2D eigenvalue weighted by atomic mass is 10.1. The molecular weight excluding hydrogens is 462 g/mol. The Morgan fingerprint density at radius 1 is 1.00 bits per heavy atom. The second kappa shape index (κ2) is 10.8. The zero-order chi connectivity index (χ0) is 24.9. The number of anilines is 1. The third-order valence-corrected chi connectivity index (χ3v) is 7.15. The molecule has 1 aliphatic heterocycles. The van der Waals surface area contributed by atoms with Gasteiger partial charge in [-0.3, -0.25) is 10.1 Å². The van der Waals surface area contributed by atoms with Crippen LogP contribution in [0.2, 0.25) is 0 Å². The minimum Gasteiger partial charge on any atom is -0.452 e. The molecule has 2 aromatic carbocycles. The summed E-state index contributed by atoms with van der Waals surface area (Å²) in [5.41, 5.74) is 2.91. The first-order chi connectivity index (χ1) is 16.1. The van der Waals surface area contributed by atoms with Gasteiger partial charge in [0.1, 0.15) is 0 Å². The summed E-state index contributed by atoms with van der Waals surface area (Å²) in [5.74, 6) is -1.70. The molecule has 11 heteroatoms. The Hall–Kier alpha value is -3.28. The maximum Gasteiger partial charge on any atom is 0.338 e. The fourth-order valence-corrected chi connectivity index (χ4v) is 4.83. The second-order valence-corrected chi connectivity index (χ2v) is 9.83. The van der Waals surface area contributed by atoms with Crippen molar-refractivity contribution in [2.45, 2.75) is 25.7 Å². The molecule has 0 spiro atoms. The van der Waals surface area contributed by atoms with Crippen LogP contribution in [0.4, 0.5) is 10.5 Å². The molecule has 1 saturated heterocycles. The SMILES string of the molecule is Cc1ccc(NC(=O)NC(=O)COC(=O)c2cc(S(=O)(=O)N3CCOCC3)ccc2C)c(C)c1. The van der Waals surface area contributed by atoms with Crippen LogP contribution >= 0.6 is 0 Å². The van der Waals surface area contributed by atoms with E-state index in [0.29, 0.717) is 24.5 Å². The molecule has 2 aromatic rings. The van der Waals surface area contributed by atoms with Crippen molar-refractivity contribution in [3.05, 3.63) is 58.7 Å². The molecule has 2 N–H and O–H groups in total. The highest BCUT2D eigenvalue weighted by Crippen LogP contribution is 2.21. The van der Waals surface area contributed by atoms with Gasteiger partial charge in [-0.15, -0.1) is 0 Å². The van der Waals surface area contributed by atoms with Gasteiger partial charge < -0.3 is 14.8 Å². The van der Waals surface area contributed by atoms with Crippen molar-refractivity contribution in [3.8, 4) is 0 Å². The van der Waals surface area contributed by atoms with E-state index in [2.05, 4.69) is 10.6 Å². The molecule has 0 aliphatic carbocycles. The molecule has 0 unspecified atom stereocenters. The van der Waals surface area contributed by atoms with Crippen LogP contribution in [0.25, 0.3) is 0 Å². The van der Waals surface area contributed by atoms with Crippen molar-refractivity contribution in [1.29, 1.82) is 0 Å². The summed E-state index contributed by atoms with van der Waals surface area (Å²) < 4.78 is 37.2. The average Bonchev–Trinajstić information content (AvgIpc) is 2.80. The molecule has 0 bridgehead atoms. The number of hydrogen-bond donors (Lipinski definition) is 2. The van der Waals surface area contributed by atoms with Crippen LogP contribution in [0.5, 0.6) is 0 Å². The van der Waals surface area contributed by atoms with Crippen molar-refractivity contribution in [2.24, 2.45) is 0 Å². The molecule has 1 aliphatic rings. The molecule has 0 saturated carbocycles. The lowest BCUT2D eigenvalue weighted by Gasteiger charge is -2.26. The van der Waals surface area contributed by atoms with Crippen LogP contribution in [0.3, 0.4) is 0 Å². The topological polar surface area (TPSA) is 131 Å². The summed E-state index contributed by atoms with van der Waals surface area (Å²) in [6.07, 6.45) is 0. The Labute approximate surface area is 198 Å². The molecule has 3 amide bonds. The van der Waals surface area contributed by atoms with Gasteiger partial charge in [0, 0.05) is 18.8 Å². The van der Waals surface area contributed by atoms with Gasteiger partial charge in [-0.25, -0.2) is 18.0 Å². The zero-order valence-electron chi connectivity index (χ0n) is 19.2. The second-order valence-electron chi connectivity index (χ2n) is 7.89. The first-order valence-electron chi connectivity index (χ1n) is 10.6. The number of amides is 3. The lowest BCUT2D eigenvalue weighted by molar-refractivity contribution is -0.123. The quantitative estimate of drug-likeness (QED) is 0.594. The Balaban J connectivity index is 1.60. The van der Waals surface area contributed by atoms with E-state index >= 15 is 0 Å². The van der Waals surface area contributed by atoms with Crippen LogP contribution in [0, 0.1) is 20.8 Å². The molecule has 1 heterocycles. The number of nitrogens with zero attached hydrogens (tertiary/aromatic N) is 1. The summed E-state index contributed by atoms with van der Waals surface area (Å²) in [6, 6.07) is 8.81. The van der Waals surface area contributed by atoms with Crippen molar-refractivity contribution in [2.75, 3.05) is 38.2 Å². The number of rotatable bonds is 6. The Bertz CT molecular complexity index is 1210. The van der Waals surface area contributed by atoms with Gasteiger partial charge >= 0.3 is 12.0 Å². The number of carbonyl (C=O) groups excluding carboxylic acids is 3. The van der Waals surface area contributed by atoms with E-state index in [0.717, 1.165) is 11.1 Å². The predicted molar refractivity (Wildman–Crippen MR) is 124 cm³/mol. The average molecular weight is 490 g/mol. The number of aryl methyl sites for hydroxylation is 3. The third-order valence-electron chi connectivity index (χ3n) is 5.25. The Kier molecular flexibility index (Phi) is 8.02. The highest BCUT2D eigenvalue weighted by molar-refractivity contribution is 7.89. The van der Waals surface area contributed by atoms with Gasteiger partial charge in [-0.2, -0.15) is 4.31 Å². The largest absolute Gasteiger partial charge is 0.452 e. The zero-order valence-corrected chi connectivity index (χ0v) is 20.0. The van der Waals surface area contributed by atoms with E-state index in [1.54, 1.807) is 13.0 Å². The van der Waals surface area contributed by atoms with E-state index in [-0.39, 0.29) is 23.5 Å². The molecule has 0 aromatic heterocycles. The monoisotopic (exact) mass is 489 g/mol. The van der Waals surface area contributed by atoms with Gasteiger partial charge in [0.05, 0.1) is 23.7 Å². The van der Waals surface area contributed by atoms with E-state index in [1.807, 2.05) is 26.0 Å². The van der Waals surface area contributed by atoms with Crippen LogP contribution in [-0.4, -0.2) is 63.5 Å². The molecule has 182 valence electrons. The Morgan fingerprint density at radius 2 is 1.71 bits per heavy atom. The molecule has 34 heavy (non-hydrogen) atoms. The van der Waals surface area contributed by atoms with Crippen molar-refractivity contribution >= 4 is 33.6 Å². The first kappa shape index (κ1) is 25.3. The summed E-state index contributed by atoms with van der Waals surface area (Å²) in [5, 5.41) is 4.65. The van der Waals surface area contributed by atoms with Crippen LogP contribution in [0.1, 0.15) is 27.0 Å². The number of nitrogens with one attached hydrogen (secondary N) is 2. The number of imide groups is 1. The van der Waals surface area contributed by atoms with E-state index in [9.17, 15) is 22.8 Å². The van der Waals surface area contributed by atoms with Gasteiger partial charge in [-0.1, -0.05) is 23.8 Å². The van der Waals surface area contributed by atoms with Gasteiger partial charge in [0.25, 0.3) is 5.91 Å². The van der Waals surface area contributed by atoms with Crippen LogP contribution < -0.4 is 10.6 Å². The molecule has 1 fully saturated rings. The van der Waals surface area contributed by atoms with Gasteiger partial charge in [-0.05, 0) is 50.1 Å². The maximum atomic E-state index is 12.9. The number of carbonyl (C=O) groups is 3. The minimum absolute atomic E-state index is 0.0156. The number of benzene rings is 2. The van der Waals surface area contributed by atoms with E-state index in [1.165, 1.54) is 22.5 Å². The molecule has 0 atom stereocenters. The maximum absolute atomic E-state index is 12.9. The summed E-state index contributed by atoms with van der Waals surface area (Å²) >= 11 is 0. The number of urea groups is 1. The van der Waals surface area contributed by atoms with Crippen LogP contribution in [-0.2, 0) is 24.3 Å². The van der Waals surface area contributed by atoms with E-state index in [4.69, 9.17) is 9.47 Å². The summed E-state index contributed by atoms with van der Waals surface area (Å²) in [4.78, 5) is 36.6.